The predicted octanol–water partition coefficient (Wildman–Crippen LogP) is 3.42. The summed E-state index contributed by atoms with van der Waals surface area (Å²) in [6.07, 6.45) is 5.94. The Bertz CT molecular complexity index is 716. The first kappa shape index (κ1) is 22.7. The summed E-state index contributed by atoms with van der Waals surface area (Å²) < 4.78 is 25.9. The van der Waals surface area contributed by atoms with Crippen molar-refractivity contribution >= 4 is 39.7 Å². The molecule has 148 valence electrons. The van der Waals surface area contributed by atoms with Crippen LogP contribution in [0.25, 0.3) is 0 Å². The van der Waals surface area contributed by atoms with Gasteiger partial charge in [-0.1, -0.05) is 19.3 Å². The topological polar surface area (TPSA) is 101 Å². The first-order valence-electron chi connectivity index (χ1n) is 8.90. The third-order valence-electron chi connectivity index (χ3n) is 5.04. The fourth-order valence-corrected chi connectivity index (χ4v) is 4.10. The van der Waals surface area contributed by atoms with Crippen LogP contribution >= 0.6 is 12.4 Å². The van der Waals surface area contributed by atoms with Crippen LogP contribution in [0.4, 0.5) is 11.4 Å². The minimum absolute atomic E-state index is 0. The lowest BCUT2D eigenvalue weighted by molar-refractivity contribution is -0.118. The van der Waals surface area contributed by atoms with Gasteiger partial charge < -0.3 is 11.1 Å². The quantitative estimate of drug-likeness (QED) is 0.649. The van der Waals surface area contributed by atoms with Gasteiger partial charge in [-0.2, -0.15) is 0 Å². The lowest BCUT2D eigenvalue weighted by Crippen LogP contribution is -2.36. The van der Waals surface area contributed by atoms with Gasteiger partial charge in [0.2, 0.25) is 15.9 Å². The predicted molar refractivity (Wildman–Crippen MR) is 109 cm³/mol. The van der Waals surface area contributed by atoms with E-state index >= 15 is 0 Å². The Balaban J connectivity index is 0.00000338. The molecular formula is C18H30ClN3O3S. The number of nitrogens with two attached hydrogens (primary N) is 1. The molecule has 1 saturated carbocycles. The van der Waals surface area contributed by atoms with Crippen molar-refractivity contribution in [2.45, 2.75) is 52.4 Å². The first-order valence-corrected chi connectivity index (χ1v) is 10.6. The Hall–Kier alpha value is -1.31. The molecule has 0 atom stereocenters. The average Bonchev–Trinajstić information content (AvgIpc) is 2.58. The molecular weight excluding hydrogens is 374 g/mol. The number of sulfonamides is 1. The highest BCUT2D eigenvalue weighted by Crippen LogP contribution is 2.38. The summed E-state index contributed by atoms with van der Waals surface area (Å²) >= 11 is 0. The summed E-state index contributed by atoms with van der Waals surface area (Å²) in [5.41, 5.74) is 7.84. The van der Waals surface area contributed by atoms with Crippen LogP contribution in [0.5, 0.6) is 0 Å². The normalized spacial score (nSPS) is 16.4. The van der Waals surface area contributed by atoms with Crippen molar-refractivity contribution in [3.63, 3.8) is 0 Å². The van der Waals surface area contributed by atoms with Crippen LogP contribution < -0.4 is 15.8 Å². The number of hydrogen-bond acceptors (Lipinski definition) is 4. The van der Waals surface area contributed by atoms with Crippen LogP contribution in [0.1, 0.15) is 51.0 Å². The van der Waals surface area contributed by atoms with E-state index in [9.17, 15) is 13.2 Å². The minimum Gasteiger partial charge on any atom is -0.330 e. The van der Waals surface area contributed by atoms with Gasteiger partial charge in [0, 0.05) is 12.1 Å². The Kier molecular flexibility index (Phi) is 8.37. The third kappa shape index (κ3) is 6.14. The SMILES string of the molecule is CCS(=O)(=O)Nc1ccc(NC(=O)CC2(CN)CCCCC2)cc1C.Cl. The monoisotopic (exact) mass is 403 g/mol. The molecule has 0 heterocycles. The van der Waals surface area contributed by atoms with Crippen molar-refractivity contribution < 1.29 is 13.2 Å². The van der Waals surface area contributed by atoms with Crippen molar-refractivity contribution in [1.29, 1.82) is 0 Å². The van der Waals surface area contributed by atoms with Crippen LogP contribution in [-0.2, 0) is 14.8 Å². The van der Waals surface area contributed by atoms with E-state index in [-0.39, 0.29) is 29.5 Å². The highest BCUT2D eigenvalue weighted by molar-refractivity contribution is 7.92. The molecule has 1 fully saturated rings. The maximum Gasteiger partial charge on any atom is 0.232 e. The molecule has 0 aliphatic heterocycles. The van der Waals surface area contributed by atoms with Crippen LogP contribution in [-0.4, -0.2) is 26.6 Å². The van der Waals surface area contributed by atoms with E-state index in [4.69, 9.17) is 5.73 Å². The second kappa shape index (κ2) is 9.58. The Morgan fingerprint density at radius 3 is 2.42 bits per heavy atom. The zero-order valence-electron chi connectivity index (χ0n) is 15.5. The molecule has 6 nitrogen and oxygen atoms in total. The van der Waals surface area contributed by atoms with Crippen molar-refractivity contribution in [2.75, 3.05) is 22.3 Å². The van der Waals surface area contributed by atoms with Gasteiger partial charge in [-0.05, 0) is 62.4 Å². The van der Waals surface area contributed by atoms with E-state index in [0.717, 1.165) is 31.2 Å². The number of aryl methyl sites for hydroxylation is 1. The van der Waals surface area contributed by atoms with E-state index in [1.807, 2.05) is 6.92 Å². The summed E-state index contributed by atoms with van der Waals surface area (Å²) in [7, 11) is -3.31. The largest absolute Gasteiger partial charge is 0.330 e. The van der Waals surface area contributed by atoms with Gasteiger partial charge in [-0.15, -0.1) is 12.4 Å². The number of amides is 1. The summed E-state index contributed by atoms with van der Waals surface area (Å²) in [6, 6.07) is 5.17. The van der Waals surface area contributed by atoms with Gasteiger partial charge in [0.05, 0.1) is 11.4 Å². The second-order valence-corrected chi connectivity index (χ2v) is 9.04. The number of carbonyl (C=O) groups is 1. The molecule has 0 unspecified atom stereocenters. The summed E-state index contributed by atoms with van der Waals surface area (Å²) in [6.45, 7) is 3.94. The van der Waals surface area contributed by atoms with E-state index in [0.29, 0.717) is 24.3 Å². The molecule has 0 aromatic heterocycles. The zero-order valence-corrected chi connectivity index (χ0v) is 17.1. The van der Waals surface area contributed by atoms with Crippen LogP contribution in [0.2, 0.25) is 0 Å². The van der Waals surface area contributed by atoms with E-state index < -0.39 is 10.0 Å². The minimum atomic E-state index is -3.31. The van der Waals surface area contributed by atoms with Crippen molar-refractivity contribution in [3.8, 4) is 0 Å². The molecule has 0 bridgehead atoms. The van der Waals surface area contributed by atoms with Crippen LogP contribution in [0.3, 0.4) is 0 Å². The zero-order chi connectivity index (χ0) is 18.5. The standard InChI is InChI=1S/C18H29N3O3S.ClH/c1-3-25(23,24)21-16-8-7-15(11-14(16)2)20-17(22)12-18(13-19)9-5-4-6-10-18;/h7-8,11,21H,3-6,9-10,12-13,19H2,1-2H3,(H,20,22);1H. The number of carbonyl (C=O) groups excluding carboxylic acids is 1. The highest BCUT2D eigenvalue weighted by atomic mass is 35.5. The van der Waals surface area contributed by atoms with Crippen LogP contribution in [0.15, 0.2) is 18.2 Å². The maximum absolute atomic E-state index is 12.4. The van der Waals surface area contributed by atoms with Gasteiger partial charge in [0.25, 0.3) is 0 Å². The molecule has 1 amide bonds. The highest BCUT2D eigenvalue weighted by Gasteiger charge is 2.32. The van der Waals surface area contributed by atoms with E-state index in [2.05, 4.69) is 10.0 Å². The molecule has 0 saturated heterocycles. The molecule has 4 N–H and O–H groups in total. The lowest BCUT2D eigenvalue weighted by atomic mass is 9.71. The fraction of sp³-hybridized carbons (Fsp3) is 0.611. The molecule has 2 rings (SSSR count). The van der Waals surface area contributed by atoms with Gasteiger partial charge in [-0.3, -0.25) is 9.52 Å². The molecule has 1 aliphatic carbocycles. The fourth-order valence-electron chi connectivity index (χ4n) is 3.40. The molecule has 1 aliphatic rings. The van der Waals surface area contributed by atoms with Gasteiger partial charge in [-0.25, -0.2) is 8.42 Å². The van der Waals surface area contributed by atoms with Gasteiger partial charge in [0.1, 0.15) is 0 Å². The number of anilines is 2. The number of hydrogen-bond donors (Lipinski definition) is 3. The van der Waals surface area contributed by atoms with Crippen LogP contribution in [0, 0.1) is 12.3 Å². The van der Waals surface area contributed by atoms with Crippen molar-refractivity contribution in [3.05, 3.63) is 23.8 Å². The number of benzene rings is 1. The molecule has 1 aromatic carbocycles. The molecule has 0 radical (unpaired) electrons. The summed E-state index contributed by atoms with van der Waals surface area (Å²) in [5.74, 6) is -0.0137. The molecule has 26 heavy (non-hydrogen) atoms. The number of halogens is 1. The average molecular weight is 404 g/mol. The van der Waals surface area contributed by atoms with Gasteiger partial charge >= 0.3 is 0 Å². The van der Waals surface area contributed by atoms with E-state index in [1.54, 1.807) is 25.1 Å². The summed E-state index contributed by atoms with van der Waals surface area (Å²) in [4.78, 5) is 12.4. The summed E-state index contributed by atoms with van der Waals surface area (Å²) in [5, 5.41) is 2.92. The maximum atomic E-state index is 12.4. The van der Waals surface area contributed by atoms with Gasteiger partial charge in [0.15, 0.2) is 0 Å². The van der Waals surface area contributed by atoms with E-state index in [1.165, 1.54) is 6.42 Å². The molecule has 1 aromatic rings. The Morgan fingerprint density at radius 1 is 1.23 bits per heavy atom. The van der Waals surface area contributed by atoms with Crippen molar-refractivity contribution in [2.24, 2.45) is 11.1 Å². The number of rotatable bonds is 7. The second-order valence-electron chi connectivity index (χ2n) is 7.02. The molecule has 8 heteroatoms. The molecule has 0 spiro atoms. The Labute approximate surface area is 162 Å². The Morgan fingerprint density at radius 2 is 1.88 bits per heavy atom. The lowest BCUT2D eigenvalue weighted by Gasteiger charge is -2.35. The van der Waals surface area contributed by atoms with Crippen molar-refractivity contribution in [1.82, 2.24) is 0 Å². The smallest absolute Gasteiger partial charge is 0.232 e. The third-order valence-corrected chi connectivity index (χ3v) is 6.33. The first-order chi connectivity index (χ1) is 11.8. The number of nitrogens with one attached hydrogen (secondary N) is 2.